The molecule has 0 aliphatic heterocycles. The minimum absolute atomic E-state index is 0.0411. The third kappa shape index (κ3) is 1.49. The number of hydrogen-bond donors (Lipinski definition) is 1. The first-order chi connectivity index (χ1) is 7.15. The van der Waals surface area contributed by atoms with E-state index in [1.807, 2.05) is 0 Å². The SMILES string of the molecule is NCn1c(Cl)nc2cccc(F)c2c1=O. The number of nitrogens with two attached hydrogens (primary N) is 1. The zero-order valence-corrected chi connectivity index (χ0v) is 8.33. The van der Waals surface area contributed by atoms with Gasteiger partial charge >= 0.3 is 0 Å². The standard InChI is InChI=1S/C9H7ClFN3O/c10-9-13-6-3-1-2-5(11)7(6)8(15)14(9)4-12/h1-3H,4,12H2. The number of fused-ring (bicyclic) bond motifs is 1. The molecule has 0 aliphatic rings. The molecular formula is C9H7ClFN3O. The van der Waals surface area contributed by atoms with Crippen LogP contribution in [0.1, 0.15) is 0 Å². The summed E-state index contributed by atoms with van der Waals surface area (Å²) in [7, 11) is 0. The van der Waals surface area contributed by atoms with E-state index in [9.17, 15) is 9.18 Å². The highest BCUT2D eigenvalue weighted by Crippen LogP contribution is 2.13. The van der Waals surface area contributed by atoms with E-state index in [4.69, 9.17) is 17.3 Å². The van der Waals surface area contributed by atoms with Gasteiger partial charge in [0.15, 0.2) is 0 Å². The molecule has 78 valence electrons. The van der Waals surface area contributed by atoms with Crippen LogP contribution in [0.5, 0.6) is 0 Å². The van der Waals surface area contributed by atoms with Crippen molar-refractivity contribution in [3.63, 3.8) is 0 Å². The van der Waals surface area contributed by atoms with E-state index < -0.39 is 11.4 Å². The summed E-state index contributed by atoms with van der Waals surface area (Å²) in [4.78, 5) is 15.6. The molecule has 2 N–H and O–H groups in total. The van der Waals surface area contributed by atoms with Gasteiger partial charge in [0.2, 0.25) is 5.28 Å². The Labute approximate surface area is 89.1 Å². The van der Waals surface area contributed by atoms with Gasteiger partial charge in [-0.05, 0) is 23.7 Å². The van der Waals surface area contributed by atoms with Gasteiger partial charge < -0.3 is 5.73 Å². The molecule has 1 aromatic carbocycles. The van der Waals surface area contributed by atoms with Crippen LogP contribution in [0.4, 0.5) is 4.39 Å². The summed E-state index contributed by atoms with van der Waals surface area (Å²) in [6.07, 6.45) is 0. The van der Waals surface area contributed by atoms with Crippen LogP contribution in [0.15, 0.2) is 23.0 Å². The highest BCUT2D eigenvalue weighted by atomic mass is 35.5. The number of nitrogens with zero attached hydrogens (tertiary/aromatic N) is 2. The van der Waals surface area contributed by atoms with E-state index in [1.54, 1.807) is 0 Å². The van der Waals surface area contributed by atoms with Crippen molar-refractivity contribution in [3.8, 4) is 0 Å². The van der Waals surface area contributed by atoms with Crippen LogP contribution in [-0.2, 0) is 6.67 Å². The normalized spacial score (nSPS) is 10.9. The summed E-state index contributed by atoms with van der Waals surface area (Å²) in [6.45, 7) is -0.130. The Morgan fingerprint density at radius 3 is 2.93 bits per heavy atom. The lowest BCUT2D eigenvalue weighted by atomic mass is 10.2. The first-order valence-corrected chi connectivity index (χ1v) is 4.57. The molecule has 0 spiro atoms. The number of aromatic nitrogens is 2. The molecule has 2 rings (SSSR count). The molecule has 0 atom stereocenters. The summed E-state index contributed by atoms with van der Waals surface area (Å²) in [5, 5.41) is -0.132. The highest BCUT2D eigenvalue weighted by Gasteiger charge is 2.11. The van der Waals surface area contributed by atoms with Gasteiger partial charge in [-0.1, -0.05) is 6.07 Å². The highest BCUT2D eigenvalue weighted by molar-refractivity contribution is 6.28. The number of rotatable bonds is 1. The summed E-state index contributed by atoms with van der Waals surface area (Å²) >= 11 is 5.71. The predicted molar refractivity (Wildman–Crippen MR) is 55.2 cm³/mol. The Hall–Kier alpha value is -1.46. The monoisotopic (exact) mass is 227 g/mol. The molecule has 0 bridgehead atoms. The molecule has 6 heteroatoms. The minimum Gasteiger partial charge on any atom is -0.313 e. The number of hydrogen-bond acceptors (Lipinski definition) is 3. The van der Waals surface area contributed by atoms with Crippen LogP contribution in [0, 0.1) is 5.82 Å². The fraction of sp³-hybridized carbons (Fsp3) is 0.111. The van der Waals surface area contributed by atoms with E-state index >= 15 is 0 Å². The first-order valence-electron chi connectivity index (χ1n) is 4.20. The molecule has 0 fully saturated rings. The van der Waals surface area contributed by atoms with Crippen molar-refractivity contribution in [2.75, 3.05) is 0 Å². The van der Waals surface area contributed by atoms with Gasteiger partial charge in [-0.2, -0.15) is 0 Å². The van der Waals surface area contributed by atoms with Gasteiger partial charge in [0.05, 0.1) is 12.2 Å². The molecule has 0 saturated heterocycles. The van der Waals surface area contributed by atoms with Gasteiger partial charge in [0.1, 0.15) is 11.2 Å². The third-order valence-electron chi connectivity index (χ3n) is 2.07. The smallest absolute Gasteiger partial charge is 0.266 e. The van der Waals surface area contributed by atoms with E-state index in [2.05, 4.69) is 4.98 Å². The molecule has 0 radical (unpaired) electrons. The molecule has 0 saturated carbocycles. The average Bonchev–Trinajstić information content (AvgIpc) is 2.17. The zero-order valence-electron chi connectivity index (χ0n) is 7.58. The van der Waals surface area contributed by atoms with Gasteiger partial charge in [0, 0.05) is 0 Å². The van der Waals surface area contributed by atoms with Crippen molar-refractivity contribution < 1.29 is 4.39 Å². The van der Waals surface area contributed by atoms with Gasteiger partial charge in [-0.15, -0.1) is 0 Å². The van der Waals surface area contributed by atoms with E-state index in [0.717, 1.165) is 4.57 Å². The van der Waals surface area contributed by atoms with Crippen molar-refractivity contribution in [2.24, 2.45) is 5.73 Å². The zero-order chi connectivity index (χ0) is 11.0. The van der Waals surface area contributed by atoms with Crippen molar-refractivity contribution in [2.45, 2.75) is 6.67 Å². The molecule has 0 amide bonds. The molecule has 15 heavy (non-hydrogen) atoms. The van der Waals surface area contributed by atoms with Crippen molar-refractivity contribution in [1.82, 2.24) is 9.55 Å². The molecule has 0 unspecified atom stereocenters. The second-order valence-corrected chi connectivity index (χ2v) is 3.27. The quantitative estimate of drug-likeness (QED) is 0.743. The first kappa shape index (κ1) is 10.1. The fourth-order valence-electron chi connectivity index (χ4n) is 1.35. The van der Waals surface area contributed by atoms with Crippen molar-refractivity contribution in [1.29, 1.82) is 0 Å². The van der Waals surface area contributed by atoms with Crippen LogP contribution < -0.4 is 11.3 Å². The largest absolute Gasteiger partial charge is 0.313 e. The van der Waals surface area contributed by atoms with Crippen LogP contribution in [0.3, 0.4) is 0 Å². The van der Waals surface area contributed by atoms with Gasteiger partial charge in [-0.3, -0.25) is 9.36 Å². The van der Waals surface area contributed by atoms with E-state index in [1.165, 1.54) is 18.2 Å². The minimum atomic E-state index is -0.621. The Morgan fingerprint density at radius 1 is 1.53 bits per heavy atom. The van der Waals surface area contributed by atoms with Crippen LogP contribution in [-0.4, -0.2) is 9.55 Å². The van der Waals surface area contributed by atoms with E-state index in [-0.39, 0.29) is 22.9 Å². The second-order valence-electron chi connectivity index (χ2n) is 2.93. The summed E-state index contributed by atoms with van der Waals surface area (Å²) in [5.41, 5.74) is 4.98. The maximum Gasteiger partial charge on any atom is 0.266 e. The van der Waals surface area contributed by atoms with Gasteiger partial charge in [0.25, 0.3) is 5.56 Å². The predicted octanol–water partition coefficient (Wildman–Crippen LogP) is 1.11. The molecule has 1 heterocycles. The average molecular weight is 228 g/mol. The number of benzene rings is 1. The lowest BCUT2D eigenvalue weighted by molar-refractivity contribution is 0.631. The lowest BCUT2D eigenvalue weighted by Crippen LogP contribution is -2.26. The topological polar surface area (TPSA) is 60.9 Å². The molecule has 4 nitrogen and oxygen atoms in total. The second kappa shape index (κ2) is 3.60. The molecule has 1 aromatic heterocycles. The van der Waals surface area contributed by atoms with Crippen molar-refractivity contribution >= 4 is 22.5 Å². The van der Waals surface area contributed by atoms with Gasteiger partial charge in [-0.25, -0.2) is 9.37 Å². The lowest BCUT2D eigenvalue weighted by Gasteiger charge is -2.06. The number of halogens is 2. The Bertz CT molecular complexity index is 581. The summed E-state index contributed by atoms with van der Waals surface area (Å²) < 4.78 is 14.4. The van der Waals surface area contributed by atoms with Crippen LogP contribution >= 0.6 is 11.6 Å². The Kier molecular flexibility index (Phi) is 2.42. The maximum absolute atomic E-state index is 13.4. The molecule has 0 aliphatic carbocycles. The molecular weight excluding hydrogens is 221 g/mol. The van der Waals surface area contributed by atoms with E-state index in [0.29, 0.717) is 0 Å². The fourth-order valence-corrected chi connectivity index (χ4v) is 1.59. The van der Waals surface area contributed by atoms with Crippen molar-refractivity contribution in [3.05, 3.63) is 39.7 Å². The van der Waals surface area contributed by atoms with Crippen LogP contribution in [0.2, 0.25) is 5.28 Å². The summed E-state index contributed by atoms with van der Waals surface area (Å²) in [6, 6.07) is 4.18. The Balaban J connectivity index is 2.99. The Morgan fingerprint density at radius 2 is 2.27 bits per heavy atom. The third-order valence-corrected chi connectivity index (χ3v) is 2.36. The summed E-state index contributed by atoms with van der Waals surface area (Å²) in [5.74, 6) is -0.621. The maximum atomic E-state index is 13.4. The van der Waals surface area contributed by atoms with Crippen LogP contribution in [0.25, 0.3) is 10.9 Å². The molecule has 2 aromatic rings.